The largest absolute Gasteiger partial charge is 0.379 e. The Kier molecular flexibility index (Phi) is 6.93. The molecule has 1 aliphatic heterocycles. The third-order valence-electron chi connectivity index (χ3n) is 5.20. The molecule has 0 aliphatic carbocycles. The van der Waals surface area contributed by atoms with Crippen LogP contribution in [0.2, 0.25) is 0 Å². The molecule has 1 N–H and O–H groups in total. The van der Waals surface area contributed by atoms with E-state index in [0.717, 1.165) is 5.56 Å². The van der Waals surface area contributed by atoms with Crippen molar-refractivity contribution in [1.29, 1.82) is 0 Å². The number of ether oxygens (including phenoxy) is 1. The van der Waals surface area contributed by atoms with Crippen molar-refractivity contribution in [3.8, 4) is 0 Å². The third kappa shape index (κ3) is 5.58. The van der Waals surface area contributed by atoms with Crippen LogP contribution in [0.4, 0.5) is 0 Å². The van der Waals surface area contributed by atoms with Crippen LogP contribution in [0, 0.1) is 0 Å². The summed E-state index contributed by atoms with van der Waals surface area (Å²) in [6.45, 7) is 9.59. The summed E-state index contributed by atoms with van der Waals surface area (Å²) >= 11 is 0. The lowest BCUT2D eigenvalue weighted by Gasteiger charge is -2.26. The molecule has 1 heterocycles. The van der Waals surface area contributed by atoms with Crippen LogP contribution in [0.3, 0.4) is 0 Å². The average Bonchev–Trinajstić information content (AvgIpc) is 2.77. The second kappa shape index (κ2) is 9.30. The molecule has 1 amide bonds. The maximum atomic E-state index is 12.8. The minimum Gasteiger partial charge on any atom is -0.379 e. The third-order valence-corrected chi connectivity index (χ3v) is 7.09. The number of morpholine rings is 1. The number of hydrogen-bond acceptors (Lipinski definition) is 5. The predicted molar refractivity (Wildman–Crippen MR) is 121 cm³/mol. The van der Waals surface area contributed by atoms with Crippen molar-refractivity contribution in [1.82, 2.24) is 9.73 Å². The molecule has 166 valence electrons. The van der Waals surface area contributed by atoms with Crippen LogP contribution in [-0.4, -0.2) is 50.6 Å². The van der Waals surface area contributed by atoms with E-state index in [2.05, 4.69) is 43.4 Å². The summed E-state index contributed by atoms with van der Waals surface area (Å²) < 4.78 is 32.2. The molecule has 0 spiro atoms. The second-order valence-corrected chi connectivity index (χ2v) is 10.4. The zero-order valence-electron chi connectivity index (χ0n) is 18.4. The first-order valence-electron chi connectivity index (χ1n) is 10.2. The molecule has 7 nitrogen and oxygen atoms in total. The molecule has 1 saturated heterocycles. The lowest BCUT2D eigenvalue weighted by atomic mass is 9.86. The van der Waals surface area contributed by atoms with Gasteiger partial charge in [0.05, 0.1) is 23.8 Å². The Labute approximate surface area is 184 Å². The lowest BCUT2D eigenvalue weighted by Crippen LogP contribution is -2.40. The smallest absolute Gasteiger partial charge is 0.271 e. The molecule has 0 bridgehead atoms. The molecule has 1 fully saturated rings. The van der Waals surface area contributed by atoms with E-state index in [1.165, 1.54) is 22.0 Å². The molecule has 3 rings (SSSR count). The molecular weight excluding hydrogens is 414 g/mol. The van der Waals surface area contributed by atoms with Crippen molar-refractivity contribution in [2.75, 3.05) is 26.3 Å². The molecule has 0 atom stereocenters. The summed E-state index contributed by atoms with van der Waals surface area (Å²) in [4.78, 5) is 12.7. The fourth-order valence-electron chi connectivity index (χ4n) is 3.21. The van der Waals surface area contributed by atoms with Crippen LogP contribution in [0.15, 0.2) is 58.5 Å². The maximum absolute atomic E-state index is 12.8. The molecule has 31 heavy (non-hydrogen) atoms. The Hall–Kier alpha value is -2.55. The van der Waals surface area contributed by atoms with Crippen molar-refractivity contribution in [3.05, 3.63) is 65.2 Å². The molecule has 0 saturated carbocycles. The van der Waals surface area contributed by atoms with Gasteiger partial charge < -0.3 is 4.74 Å². The van der Waals surface area contributed by atoms with Crippen molar-refractivity contribution in [2.24, 2.45) is 5.10 Å². The Morgan fingerprint density at radius 2 is 1.68 bits per heavy atom. The van der Waals surface area contributed by atoms with Crippen molar-refractivity contribution in [3.63, 3.8) is 0 Å². The highest BCUT2D eigenvalue weighted by Crippen LogP contribution is 2.22. The van der Waals surface area contributed by atoms with Gasteiger partial charge in [0, 0.05) is 18.7 Å². The van der Waals surface area contributed by atoms with Crippen LogP contribution in [0.5, 0.6) is 0 Å². The molecule has 2 aromatic carbocycles. The number of nitrogens with zero attached hydrogens (tertiary/aromatic N) is 2. The fourth-order valence-corrected chi connectivity index (χ4v) is 4.66. The zero-order chi connectivity index (χ0) is 22.6. The van der Waals surface area contributed by atoms with E-state index in [4.69, 9.17) is 4.74 Å². The second-order valence-electron chi connectivity index (χ2n) is 8.51. The van der Waals surface area contributed by atoms with Gasteiger partial charge in [-0.15, -0.1) is 0 Å². The van der Waals surface area contributed by atoms with Gasteiger partial charge in [-0.3, -0.25) is 4.79 Å². The fraction of sp³-hybridized carbons (Fsp3) is 0.391. The van der Waals surface area contributed by atoms with Gasteiger partial charge in [-0.25, -0.2) is 13.8 Å². The van der Waals surface area contributed by atoms with Crippen molar-refractivity contribution < 1.29 is 17.9 Å². The highest BCUT2D eigenvalue weighted by Gasteiger charge is 2.26. The van der Waals surface area contributed by atoms with Crippen LogP contribution < -0.4 is 5.43 Å². The molecule has 0 aromatic heterocycles. The first-order valence-corrected chi connectivity index (χ1v) is 11.7. The van der Waals surface area contributed by atoms with Crippen molar-refractivity contribution in [2.45, 2.75) is 38.0 Å². The minimum atomic E-state index is -3.67. The summed E-state index contributed by atoms with van der Waals surface area (Å²) in [5.74, 6) is -0.468. The summed E-state index contributed by atoms with van der Waals surface area (Å²) in [5.41, 5.74) is 5.58. The van der Waals surface area contributed by atoms with Gasteiger partial charge in [0.25, 0.3) is 5.91 Å². The van der Waals surface area contributed by atoms with E-state index in [9.17, 15) is 13.2 Å². The van der Waals surface area contributed by atoms with Crippen molar-refractivity contribution >= 4 is 21.6 Å². The topological polar surface area (TPSA) is 88.1 Å². The highest BCUT2D eigenvalue weighted by molar-refractivity contribution is 7.89. The van der Waals surface area contributed by atoms with Gasteiger partial charge in [0.1, 0.15) is 0 Å². The summed E-state index contributed by atoms with van der Waals surface area (Å²) in [6, 6.07) is 14.0. The molecular formula is C23H29N3O4S. The van der Waals surface area contributed by atoms with Crippen LogP contribution in [0.25, 0.3) is 0 Å². The number of hydrogen-bond donors (Lipinski definition) is 1. The number of sulfonamides is 1. The van der Waals surface area contributed by atoms with Crippen LogP contribution >= 0.6 is 0 Å². The van der Waals surface area contributed by atoms with E-state index < -0.39 is 15.9 Å². The molecule has 0 unspecified atom stereocenters. The van der Waals surface area contributed by atoms with Crippen LogP contribution in [-0.2, 0) is 20.2 Å². The standard InChI is InChI=1S/C23H29N3O4S/c1-17(18-8-10-20(11-9-18)23(2,3)4)24-25-22(27)19-6-5-7-21(16-19)31(28,29)26-12-14-30-15-13-26/h5-11,16H,12-15H2,1-4H3,(H,25,27). The normalized spacial score (nSPS) is 16.2. The van der Waals surface area contributed by atoms with Crippen LogP contribution in [0.1, 0.15) is 49.2 Å². The SMILES string of the molecule is CC(=NNC(=O)c1cccc(S(=O)(=O)N2CCOCC2)c1)c1ccc(C(C)(C)C)cc1. The first kappa shape index (κ1) is 23.1. The Balaban J connectivity index is 1.72. The molecule has 0 radical (unpaired) electrons. The summed E-state index contributed by atoms with van der Waals surface area (Å²) in [6.07, 6.45) is 0. The van der Waals surface area contributed by atoms with E-state index in [-0.39, 0.29) is 15.9 Å². The monoisotopic (exact) mass is 443 g/mol. The number of carbonyl (C=O) groups excluding carboxylic acids is 1. The van der Waals surface area contributed by atoms with Gasteiger partial charge in [0.15, 0.2) is 0 Å². The Morgan fingerprint density at radius 3 is 2.29 bits per heavy atom. The van der Waals surface area contributed by atoms with E-state index in [1.807, 2.05) is 19.1 Å². The molecule has 1 aliphatic rings. The Morgan fingerprint density at radius 1 is 1.03 bits per heavy atom. The number of amides is 1. The summed E-state index contributed by atoms with van der Waals surface area (Å²) in [7, 11) is -3.67. The number of nitrogens with one attached hydrogen (secondary N) is 1. The number of benzene rings is 2. The lowest BCUT2D eigenvalue weighted by molar-refractivity contribution is 0.0730. The highest BCUT2D eigenvalue weighted by atomic mass is 32.2. The number of rotatable bonds is 5. The first-order chi connectivity index (χ1) is 14.6. The van der Waals surface area contributed by atoms with Gasteiger partial charge in [-0.2, -0.15) is 9.41 Å². The average molecular weight is 444 g/mol. The van der Waals surface area contributed by atoms with Gasteiger partial charge in [-0.1, -0.05) is 51.1 Å². The van der Waals surface area contributed by atoms with E-state index >= 15 is 0 Å². The minimum absolute atomic E-state index is 0.0599. The predicted octanol–water partition coefficient (Wildman–Crippen LogP) is 3.16. The quantitative estimate of drug-likeness (QED) is 0.568. The number of hydrazone groups is 1. The zero-order valence-corrected chi connectivity index (χ0v) is 19.2. The number of carbonyl (C=O) groups is 1. The molecule has 2 aromatic rings. The van der Waals surface area contributed by atoms with Gasteiger partial charge >= 0.3 is 0 Å². The summed E-state index contributed by atoms with van der Waals surface area (Å²) in [5, 5.41) is 4.18. The Bertz CT molecular complexity index is 1060. The van der Waals surface area contributed by atoms with Gasteiger partial charge in [0.2, 0.25) is 10.0 Å². The van der Waals surface area contributed by atoms with Gasteiger partial charge in [-0.05, 0) is 41.7 Å². The maximum Gasteiger partial charge on any atom is 0.271 e. The van der Waals surface area contributed by atoms with E-state index in [1.54, 1.807) is 12.1 Å². The van der Waals surface area contributed by atoms with E-state index in [0.29, 0.717) is 32.0 Å². The molecule has 8 heteroatoms.